The summed E-state index contributed by atoms with van der Waals surface area (Å²) >= 11 is 0. The summed E-state index contributed by atoms with van der Waals surface area (Å²) in [6.45, 7) is 5.17. The molecule has 4 heterocycles. The molecule has 0 N–H and O–H groups in total. The van der Waals surface area contributed by atoms with E-state index >= 15 is 0 Å². The van der Waals surface area contributed by atoms with Gasteiger partial charge in [0.25, 0.3) is 0 Å². The lowest BCUT2D eigenvalue weighted by Crippen LogP contribution is -2.56. The Morgan fingerprint density at radius 1 is 1.08 bits per heavy atom. The fourth-order valence-electron chi connectivity index (χ4n) is 6.28. The molecule has 0 radical (unpaired) electrons. The summed E-state index contributed by atoms with van der Waals surface area (Å²) in [6, 6.07) is 11.3. The number of hydrogen-bond donors (Lipinski definition) is 0. The summed E-state index contributed by atoms with van der Waals surface area (Å²) in [5.74, 6) is 0.770. The van der Waals surface area contributed by atoms with E-state index in [0.717, 1.165) is 26.1 Å². The van der Waals surface area contributed by atoms with Gasteiger partial charge in [-0.1, -0.05) is 30.3 Å². The van der Waals surface area contributed by atoms with E-state index < -0.39 is 0 Å². The van der Waals surface area contributed by atoms with Gasteiger partial charge in [-0.25, -0.2) is 0 Å². The van der Waals surface area contributed by atoms with Crippen molar-refractivity contribution in [3.63, 3.8) is 0 Å². The maximum absolute atomic E-state index is 12.5. The molecule has 3 unspecified atom stereocenters. The van der Waals surface area contributed by atoms with Gasteiger partial charge in [-0.3, -0.25) is 14.6 Å². The zero-order chi connectivity index (χ0) is 16.9. The number of carbonyl (C=O) groups excluding carboxylic acids is 1. The number of fused-ring (bicyclic) bond motifs is 5. The number of cyclic esters (lactones) is 1. The van der Waals surface area contributed by atoms with Crippen LogP contribution in [0.15, 0.2) is 30.3 Å². The molecule has 4 aliphatic heterocycles. The predicted octanol–water partition coefficient (Wildman–Crippen LogP) is 2.68. The van der Waals surface area contributed by atoms with E-state index in [1.54, 1.807) is 0 Å². The molecule has 1 aromatic carbocycles. The summed E-state index contributed by atoms with van der Waals surface area (Å²) in [5, 5.41) is 0. The lowest BCUT2D eigenvalue weighted by molar-refractivity contribution is -0.157. The molecule has 0 aromatic heterocycles. The van der Waals surface area contributed by atoms with Gasteiger partial charge in [0.05, 0.1) is 12.5 Å². The average molecular weight is 340 g/mol. The molecule has 4 fully saturated rings. The molecule has 0 aliphatic carbocycles. The number of likely N-dealkylation sites (tertiary alicyclic amines) is 1. The van der Waals surface area contributed by atoms with E-state index in [0.29, 0.717) is 18.6 Å². The van der Waals surface area contributed by atoms with Gasteiger partial charge in [-0.15, -0.1) is 0 Å². The van der Waals surface area contributed by atoms with Gasteiger partial charge in [0.1, 0.15) is 0 Å². The molecule has 5 rings (SSSR count). The number of rotatable bonds is 2. The summed E-state index contributed by atoms with van der Waals surface area (Å²) in [4.78, 5) is 17.8. The molecule has 4 saturated heterocycles. The van der Waals surface area contributed by atoms with Crippen molar-refractivity contribution in [1.29, 1.82) is 0 Å². The minimum Gasteiger partial charge on any atom is -0.465 e. The lowest BCUT2D eigenvalue weighted by Gasteiger charge is -2.48. The van der Waals surface area contributed by atoms with Crippen molar-refractivity contribution in [1.82, 2.24) is 9.80 Å². The molecule has 4 aliphatic rings. The molecular weight excluding hydrogens is 312 g/mol. The highest BCUT2D eigenvalue weighted by atomic mass is 16.5. The molecule has 0 bridgehead atoms. The van der Waals surface area contributed by atoms with Crippen molar-refractivity contribution in [2.75, 3.05) is 26.2 Å². The highest BCUT2D eigenvalue weighted by Gasteiger charge is 2.63. The second-order valence-corrected chi connectivity index (χ2v) is 8.36. The maximum atomic E-state index is 12.5. The van der Waals surface area contributed by atoms with Gasteiger partial charge in [0, 0.05) is 31.2 Å². The minimum atomic E-state index is 0.0942. The Kier molecular flexibility index (Phi) is 3.86. The largest absolute Gasteiger partial charge is 0.465 e. The molecular formula is C21H28N2O2. The van der Waals surface area contributed by atoms with Crippen LogP contribution >= 0.6 is 0 Å². The van der Waals surface area contributed by atoms with Crippen LogP contribution in [0.2, 0.25) is 0 Å². The van der Waals surface area contributed by atoms with Crippen molar-refractivity contribution in [3.05, 3.63) is 35.9 Å². The van der Waals surface area contributed by atoms with E-state index in [-0.39, 0.29) is 17.4 Å². The first-order valence-corrected chi connectivity index (χ1v) is 9.98. The fraction of sp³-hybridized carbons (Fsp3) is 0.667. The molecule has 1 aromatic rings. The minimum absolute atomic E-state index is 0.0942. The van der Waals surface area contributed by atoms with E-state index in [1.807, 2.05) is 0 Å². The number of nitrogens with zero attached hydrogens (tertiary/aromatic N) is 2. The van der Waals surface area contributed by atoms with Crippen molar-refractivity contribution >= 4 is 5.97 Å². The van der Waals surface area contributed by atoms with Crippen LogP contribution in [0.4, 0.5) is 0 Å². The quantitative estimate of drug-likeness (QED) is 0.775. The summed E-state index contributed by atoms with van der Waals surface area (Å²) < 4.78 is 5.46. The van der Waals surface area contributed by atoms with Crippen molar-refractivity contribution in [2.24, 2.45) is 11.8 Å². The Morgan fingerprint density at radius 3 is 2.68 bits per heavy atom. The van der Waals surface area contributed by atoms with E-state index in [9.17, 15) is 4.79 Å². The molecule has 4 nitrogen and oxygen atoms in total. The van der Waals surface area contributed by atoms with Crippen LogP contribution < -0.4 is 0 Å². The van der Waals surface area contributed by atoms with Crippen LogP contribution in [-0.2, 0) is 16.1 Å². The molecule has 1 spiro atoms. The van der Waals surface area contributed by atoms with Crippen molar-refractivity contribution in [3.8, 4) is 0 Å². The van der Waals surface area contributed by atoms with Crippen LogP contribution in [0, 0.1) is 11.8 Å². The van der Waals surface area contributed by atoms with Gasteiger partial charge in [0.15, 0.2) is 0 Å². The highest BCUT2D eigenvalue weighted by molar-refractivity contribution is 5.75. The highest BCUT2D eigenvalue weighted by Crippen LogP contribution is 2.55. The second-order valence-electron chi connectivity index (χ2n) is 8.36. The van der Waals surface area contributed by atoms with Gasteiger partial charge < -0.3 is 4.74 Å². The monoisotopic (exact) mass is 340 g/mol. The Labute approximate surface area is 150 Å². The Morgan fingerprint density at radius 2 is 1.88 bits per heavy atom. The Hall–Kier alpha value is -1.39. The maximum Gasteiger partial charge on any atom is 0.310 e. The van der Waals surface area contributed by atoms with Crippen molar-refractivity contribution < 1.29 is 9.53 Å². The standard InChI is InChI=1S/C21H28N2O2/c24-20-19-17(8-14-25-20)21(23-11-4-7-18(19)23)9-12-22(13-10-21)15-16-5-2-1-3-6-16/h1-3,5-6,17-19H,4,7-15H2. The first-order chi connectivity index (χ1) is 12.3. The molecule has 0 saturated carbocycles. The van der Waals surface area contributed by atoms with Crippen LogP contribution in [0.5, 0.6) is 0 Å². The first-order valence-electron chi connectivity index (χ1n) is 9.98. The zero-order valence-corrected chi connectivity index (χ0v) is 14.9. The third kappa shape index (κ3) is 2.45. The molecule has 134 valence electrons. The summed E-state index contributed by atoms with van der Waals surface area (Å²) in [6.07, 6.45) is 5.93. The number of benzene rings is 1. The van der Waals surface area contributed by atoms with Gasteiger partial charge in [0.2, 0.25) is 0 Å². The van der Waals surface area contributed by atoms with Crippen LogP contribution in [-0.4, -0.2) is 53.6 Å². The van der Waals surface area contributed by atoms with Crippen LogP contribution in [0.25, 0.3) is 0 Å². The molecule has 3 atom stereocenters. The number of piperidine rings is 1. The number of carbonyl (C=O) groups is 1. The van der Waals surface area contributed by atoms with E-state index in [2.05, 4.69) is 40.1 Å². The average Bonchev–Trinajstić information content (AvgIpc) is 3.21. The molecule has 25 heavy (non-hydrogen) atoms. The Balaban J connectivity index is 1.34. The predicted molar refractivity (Wildman–Crippen MR) is 96.0 cm³/mol. The first kappa shape index (κ1) is 15.8. The van der Waals surface area contributed by atoms with Gasteiger partial charge in [-0.2, -0.15) is 0 Å². The Bertz CT molecular complexity index is 639. The lowest BCUT2D eigenvalue weighted by atomic mass is 9.70. The van der Waals surface area contributed by atoms with Crippen molar-refractivity contribution in [2.45, 2.75) is 50.2 Å². The topological polar surface area (TPSA) is 32.8 Å². The fourth-order valence-corrected chi connectivity index (χ4v) is 6.28. The normalized spacial score (nSPS) is 34.7. The van der Waals surface area contributed by atoms with E-state index in [1.165, 1.54) is 37.8 Å². The van der Waals surface area contributed by atoms with E-state index in [4.69, 9.17) is 4.74 Å². The van der Waals surface area contributed by atoms with Crippen LogP contribution in [0.3, 0.4) is 0 Å². The SMILES string of the molecule is O=C1OCCC2C1C1CCCN1C21CCN(Cc2ccccc2)CC1. The summed E-state index contributed by atoms with van der Waals surface area (Å²) in [7, 11) is 0. The number of esters is 1. The zero-order valence-electron chi connectivity index (χ0n) is 14.9. The smallest absolute Gasteiger partial charge is 0.310 e. The third-order valence-electron chi connectivity index (χ3n) is 7.33. The number of ether oxygens (including phenoxy) is 1. The molecule has 4 heteroatoms. The second kappa shape index (κ2) is 6.10. The van der Waals surface area contributed by atoms with Gasteiger partial charge >= 0.3 is 5.97 Å². The third-order valence-corrected chi connectivity index (χ3v) is 7.33. The molecule has 0 amide bonds. The summed E-state index contributed by atoms with van der Waals surface area (Å²) in [5.41, 5.74) is 1.67. The van der Waals surface area contributed by atoms with Crippen LogP contribution in [0.1, 0.15) is 37.7 Å². The number of hydrogen-bond acceptors (Lipinski definition) is 4. The van der Waals surface area contributed by atoms with Gasteiger partial charge in [-0.05, 0) is 50.1 Å².